The maximum atomic E-state index is 4.28. The molecule has 1 rings (SSSR count). The highest BCUT2D eigenvalue weighted by atomic mass is 15.2. The molecule has 2 unspecified atom stereocenters. The highest BCUT2D eigenvalue weighted by Crippen LogP contribution is 2.23. The summed E-state index contributed by atoms with van der Waals surface area (Å²) in [4.78, 5) is 0. The second-order valence-electron chi connectivity index (χ2n) is 5.08. The highest BCUT2D eigenvalue weighted by molar-refractivity contribution is 5.10. The van der Waals surface area contributed by atoms with Crippen molar-refractivity contribution in [1.82, 2.24) is 15.1 Å². The molecule has 98 valence electrons. The fourth-order valence-electron chi connectivity index (χ4n) is 2.29. The summed E-state index contributed by atoms with van der Waals surface area (Å²) in [6.45, 7) is 7.90. The standard InChI is InChI=1S/C14H27N3/c1-5-7-12(3)9-14(15-8-6-2)13-10-16-17(4)11-13/h10-12,14-15H,5-9H2,1-4H3. The molecular weight excluding hydrogens is 210 g/mol. The van der Waals surface area contributed by atoms with Crippen molar-refractivity contribution in [3.05, 3.63) is 18.0 Å². The van der Waals surface area contributed by atoms with Gasteiger partial charge >= 0.3 is 0 Å². The molecule has 1 N–H and O–H groups in total. The Morgan fingerprint density at radius 1 is 1.35 bits per heavy atom. The summed E-state index contributed by atoms with van der Waals surface area (Å²) in [6, 6.07) is 0.463. The monoisotopic (exact) mass is 237 g/mol. The predicted octanol–water partition coefficient (Wildman–Crippen LogP) is 3.29. The molecule has 2 atom stereocenters. The molecule has 0 amide bonds. The van der Waals surface area contributed by atoms with Crippen LogP contribution < -0.4 is 5.32 Å². The molecule has 0 aromatic carbocycles. The van der Waals surface area contributed by atoms with Crippen LogP contribution in [0.25, 0.3) is 0 Å². The van der Waals surface area contributed by atoms with Crippen LogP contribution in [0.15, 0.2) is 12.4 Å². The van der Waals surface area contributed by atoms with Crippen LogP contribution in [0.2, 0.25) is 0 Å². The van der Waals surface area contributed by atoms with E-state index >= 15 is 0 Å². The summed E-state index contributed by atoms with van der Waals surface area (Å²) in [5.74, 6) is 0.773. The molecule has 0 spiro atoms. The fraction of sp³-hybridized carbons (Fsp3) is 0.786. The van der Waals surface area contributed by atoms with Crippen molar-refractivity contribution < 1.29 is 0 Å². The van der Waals surface area contributed by atoms with E-state index in [0.717, 1.165) is 12.5 Å². The molecule has 1 aromatic rings. The summed E-state index contributed by atoms with van der Waals surface area (Å²) >= 11 is 0. The van der Waals surface area contributed by atoms with E-state index in [1.165, 1.54) is 31.2 Å². The maximum absolute atomic E-state index is 4.28. The van der Waals surface area contributed by atoms with Gasteiger partial charge in [-0.05, 0) is 25.3 Å². The molecule has 3 heteroatoms. The van der Waals surface area contributed by atoms with Crippen LogP contribution in [0.4, 0.5) is 0 Å². The minimum Gasteiger partial charge on any atom is -0.310 e. The lowest BCUT2D eigenvalue weighted by atomic mass is 9.94. The maximum Gasteiger partial charge on any atom is 0.0537 e. The molecule has 17 heavy (non-hydrogen) atoms. The first kappa shape index (κ1) is 14.2. The molecule has 0 aliphatic rings. The van der Waals surface area contributed by atoms with Gasteiger partial charge in [0.05, 0.1) is 6.20 Å². The SMILES string of the molecule is CCCNC(CC(C)CCC)c1cnn(C)c1. The van der Waals surface area contributed by atoms with Gasteiger partial charge in [0.2, 0.25) is 0 Å². The Balaban J connectivity index is 2.60. The third kappa shape index (κ3) is 4.90. The van der Waals surface area contributed by atoms with E-state index in [2.05, 4.69) is 37.4 Å². The Hall–Kier alpha value is -0.830. The van der Waals surface area contributed by atoms with E-state index in [0.29, 0.717) is 6.04 Å². The number of aromatic nitrogens is 2. The average Bonchev–Trinajstić information content (AvgIpc) is 2.71. The first-order valence-electron chi connectivity index (χ1n) is 6.89. The Morgan fingerprint density at radius 3 is 2.65 bits per heavy atom. The molecule has 0 aliphatic carbocycles. The molecule has 0 saturated carbocycles. The average molecular weight is 237 g/mol. The number of rotatable bonds is 8. The van der Waals surface area contributed by atoms with Crippen LogP contribution in [0.5, 0.6) is 0 Å². The quantitative estimate of drug-likeness (QED) is 0.752. The van der Waals surface area contributed by atoms with Gasteiger partial charge in [-0.1, -0.05) is 33.6 Å². The zero-order chi connectivity index (χ0) is 12.7. The number of nitrogens with one attached hydrogen (secondary N) is 1. The Bertz CT molecular complexity index is 306. The molecule has 1 aromatic heterocycles. The summed E-state index contributed by atoms with van der Waals surface area (Å²) in [6.07, 6.45) is 9.09. The van der Waals surface area contributed by atoms with E-state index in [1.54, 1.807) is 0 Å². The Labute approximate surface area is 106 Å². The van der Waals surface area contributed by atoms with E-state index in [9.17, 15) is 0 Å². The summed E-state index contributed by atoms with van der Waals surface area (Å²) in [5.41, 5.74) is 1.32. The van der Waals surface area contributed by atoms with Gasteiger partial charge in [0.1, 0.15) is 0 Å². The lowest BCUT2D eigenvalue weighted by Gasteiger charge is -2.21. The topological polar surface area (TPSA) is 29.9 Å². The second kappa shape index (κ2) is 7.49. The van der Waals surface area contributed by atoms with Gasteiger partial charge in [0, 0.05) is 24.8 Å². The van der Waals surface area contributed by atoms with Crippen LogP contribution in [0.1, 0.15) is 58.1 Å². The molecule has 0 bridgehead atoms. The number of hydrogen-bond acceptors (Lipinski definition) is 2. The second-order valence-corrected chi connectivity index (χ2v) is 5.08. The van der Waals surface area contributed by atoms with Gasteiger partial charge in [-0.15, -0.1) is 0 Å². The minimum absolute atomic E-state index is 0.463. The highest BCUT2D eigenvalue weighted by Gasteiger charge is 2.15. The van der Waals surface area contributed by atoms with E-state index in [4.69, 9.17) is 0 Å². The number of nitrogens with zero attached hydrogens (tertiary/aromatic N) is 2. The summed E-state index contributed by atoms with van der Waals surface area (Å²) < 4.78 is 1.89. The number of hydrogen-bond donors (Lipinski definition) is 1. The fourth-order valence-corrected chi connectivity index (χ4v) is 2.29. The first-order chi connectivity index (χ1) is 8.17. The van der Waals surface area contributed by atoms with Crippen molar-refractivity contribution >= 4 is 0 Å². The van der Waals surface area contributed by atoms with Gasteiger partial charge in [-0.3, -0.25) is 4.68 Å². The van der Waals surface area contributed by atoms with Crippen molar-refractivity contribution in [2.75, 3.05) is 6.54 Å². The van der Waals surface area contributed by atoms with E-state index < -0.39 is 0 Å². The molecule has 0 radical (unpaired) electrons. The zero-order valence-corrected chi connectivity index (χ0v) is 11.7. The van der Waals surface area contributed by atoms with Crippen molar-refractivity contribution in [2.24, 2.45) is 13.0 Å². The van der Waals surface area contributed by atoms with Crippen molar-refractivity contribution in [3.63, 3.8) is 0 Å². The molecule has 0 aliphatic heterocycles. The van der Waals surface area contributed by atoms with Crippen LogP contribution in [0, 0.1) is 5.92 Å². The lowest BCUT2D eigenvalue weighted by Crippen LogP contribution is -2.23. The van der Waals surface area contributed by atoms with Gasteiger partial charge < -0.3 is 5.32 Å². The third-order valence-electron chi connectivity index (χ3n) is 3.19. The van der Waals surface area contributed by atoms with E-state index in [-0.39, 0.29) is 0 Å². The van der Waals surface area contributed by atoms with Crippen molar-refractivity contribution in [1.29, 1.82) is 0 Å². The Morgan fingerprint density at radius 2 is 2.12 bits per heavy atom. The zero-order valence-electron chi connectivity index (χ0n) is 11.7. The summed E-state index contributed by atoms with van der Waals surface area (Å²) in [7, 11) is 1.98. The van der Waals surface area contributed by atoms with Gasteiger partial charge in [-0.25, -0.2) is 0 Å². The van der Waals surface area contributed by atoms with E-state index in [1.807, 2.05) is 17.9 Å². The third-order valence-corrected chi connectivity index (χ3v) is 3.19. The van der Waals surface area contributed by atoms with Crippen molar-refractivity contribution in [3.8, 4) is 0 Å². The minimum atomic E-state index is 0.463. The lowest BCUT2D eigenvalue weighted by molar-refractivity contribution is 0.390. The Kier molecular flexibility index (Phi) is 6.27. The molecule has 1 heterocycles. The van der Waals surface area contributed by atoms with Crippen LogP contribution in [-0.2, 0) is 7.05 Å². The van der Waals surface area contributed by atoms with Gasteiger partial charge in [0.15, 0.2) is 0 Å². The number of aryl methyl sites for hydroxylation is 1. The first-order valence-corrected chi connectivity index (χ1v) is 6.89. The van der Waals surface area contributed by atoms with Gasteiger partial charge in [0.25, 0.3) is 0 Å². The predicted molar refractivity (Wildman–Crippen MR) is 72.9 cm³/mol. The molecular formula is C14H27N3. The van der Waals surface area contributed by atoms with Crippen LogP contribution in [-0.4, -0.2) is 16.3 Å². The molecule has 0 saturated heterocycles. The molecule has 0 fully saturated rings. The normalized spacial score (nSPS) is 14.8. The van der Waals surface area contributed by atoms with Crippen LogP contribution >= 0.6 is 0 Å². The van der Waals surface area contributed by atoms with Crippen molar-refractivity contribution in [2.45, 2.75) is 52.5 Å². The summed E-state index contributed by atoms with van der Waals surface area (Å²) in [5, 5.41) is 7.91. The van der Waals surface area contributed by atoms with Crippen LogP contribution in [0.3, 0.4) is 0 Å². The van der Waals surface area contributed by atoms with Gasteiger partial charge in [-0.2, -0.15) is 5.10 Å². The smallest absolute Gasteiger partial charge is 0.0537 e. The molecule has 3 nitrogen and oxygen atoms in total. The largest absolute Gasteiger partial charge is 0.310 e.